The van der Waals surface area contributed by atoms with Gasteiger partial charge in [0.1, 0.15) is 5.75 Å². The van der Waals surface area contributed by atoms with Gasteiger partial charge in [-0.15, -0.1) is 0 Å². The Kier molecular flexibility index (Phi) is 6.68. The number of anilines is 1. The van der Waals surface area contributed by atoms with Gasteiger partial charge in [-0.25, -0.2) is 0 Å². The first-order chi connectivity index (χ1) is 18.3. The van der Waals surface area contributed by atoms with Crippen molar-refractivity contribution in [1.82, 2.24) is 9.80 Å². The van der Waals surface area contributed by atoms with E-state index < -0.39 is 64.4 Å². The van der Waals surface area contributed by atoms with Crippen molar-refractivity contribution >= 4 is 34.7 Å². The Morgan fingerprint density at radius 3 is 2.31 bits per heavy atom. The molecule has 6 atom stereocenters. The standard InChI is InChI=1S/C28H36N4O7/c1-30(2)17-11-14(12-32-7-5-6-8-32)22(33)19-15(17)9-13-10-16-21(31(3)4)24(35)20(27(29)38)26(37)28(16,39)25(36)18(13)23(19)34/h11,13,16,18,20-21,33,39H,5-10,12H2,1-4H3,(H2,29,38)/t13-,16-,18?,20?,21?,28-/m1/s1. The number of hydrogen-bond acceptors (Lipinski definition) is 10. The number of nitrogens with zero attached hydrogens (tertiary/aromatic N) is 3. The van der Waals surface area contributed by atoms with Gasteiger partial charge in [0.25, 0.3) is 0 Å². The van der Waals surface area contributed by atoms with Crippen LogP contribution in [-0.4, -0.2) is 102 Å². The molecule has 3 aliphatic carbocycles. The van der Waals surface area contributed by atoms with Gasteiger partial charge in [-0.1, -0.05) is 0 Å². The first kappa shape index (κ1) is 27.4. The third-order valence-corrected chi connectivity index (χ3v) is 9.19. The molecule has 1 aromatic rings. The number of ketones is 4. The molecule has 1 saturated heterocycles. The number of nitrogens with two attached hydrogens (primary N) is 1. The molecule has 1 amide bonds. The number of amides is 1. The monoisotopic (exact) mass is 540 g/mol. The van der Waals surface area contributed by atoms with Crippen molar-refractivity contribution < 1.29 is 34.2 Å². The topological polar surface area (TPSA) is 162 Å². The van der Waals surface area contributed by atoms with E-state index in [1.165, 1.54) is 4.90 Å². The number of aliphatic hydroxyl groups is 1. The lowest BCUT2D eigenvalue weighted by Crippen LogP contribution is -2.74. The average molecular weight is 541 g/mol. The molecule has 3 fully saturated rings. The lowest BCUT2D eigenvalue weighted by atomic mass is 9.52. The molecule has 1 aliphatic heterocycles. The van der Waals surface area contributed by atoms with Crippen LogP contribution in [0.3, 0.4) is 0 Å². The normalized spacial score (nSPS) is 32.7. The van der Waals surface area contributed by atoms with Crippen LogP contribution in [0.1, 0.15) is 40.7 Å². The summed E-state index contributed by atoms with van der Waals surface area (Å²) in [6.45, 7) is 2.22. The summed E-state index contributed by atoms with van der Waals surface area (Å²) in [6, 6.07) is 0.769. The van der Waals surface area contributed by atoms with Crippen LogP contribution in [0.4, 0.5) is 5.69 Å². The smallest absolute Gasteiger partial charge is 0.235 e. The number of benzene rings is 1. The maximum absolute atomic E-state index is 14.1. The van der Waals surface area contributed by atoms with Crippen molar-refractivity contribution in [2.75, 3.05) is 46.2 Å². The highest BCUT2D eigenvalue weighted by molar-refractivity contribution is 6.32. The van der Waals surface area contributed by atoms with E-state index in [4.69, 9.17) is 5.73 Å². The maximum Gasteiger partial charge on any atom is 0.235 e. The van der Waals surface area contributed by atoms with Crippen molar-refractivity contribution in [3.05, 3.63) is 22.8 Å². The summed E-state index contributed by atoms with van der Waals surface area (Å²) in [4.78, 5) is 72.4. The van der Waals surface area contributed by atoms with Crippen LogP contribution in [-0.2, 0) is 32.1 Å². The minimum Gasteiger partial charge on any atom is -0.507 e. The van der Waals surface area contributed by atoms with Crippen molar-refractivity contribution in [1.29, 1.82) is 0 Å². The van der Waals surface area contributed by atoms with Crippen LogP contribution in [0.5, 0.6) is 5.75 Å². The maximum atomic E-state index is 14.1. The lowest BCUT2D eigenvalue weighted by molar-refractivity contribution is -0.181. The van der Waals surface area contributed by atoms with E-state index in [0.29, 0.717) is 17.7 Å². The van der Waals surface area contributed by atoms with Crippen LogP contribution in [0, 0.1) is 23.7 Å². The van der Waals surface area contributed by atoms with E-state index in [-0.39, 0.29) is 24.2 Å². The van der Waals surface area contributed by atoms with E-state index in [2.05, 4.69) is 4.90 Å². The molecule has 1 heterocycles. The highest BCUT2D eigenvalue weighted by atomic mass is 16.3. The molecule has 3 unspecified atom stereocenters. The molecular formula is C28H36N4O7. The SMILES string of the molecule is CN(C)c1cc(CN2CCCC2)c(O)c2c1C[C@@H]1C[C@@H]3C(N(C)C)C(=O)C(C(N)=O)C(=O)[C@]3(O)C(=O)C1C2=O. The first-order valence-corrected chi connectivity index (χ1v) is 13.4. The number of phenolic OH excluding ortho intramolecular Hbond substituents is 1. The number of phenols is 1. The molecule has 5 rings (SSSR count). The van der Waals surface area contributed by atoms with Crippen LogP contribution in [0.15, 0.2) is 6.07 Å². The second-order valence-electron chi connectivity index (χ2n) is 11.9. The van der Waals surface area contributed by atoms with E-state index in [0.717, 1.165) is 31.6 Å². The number of carbonyl (C=O) groups is 5. The van der Waals surface area contributed by atoms with Crippen molar-refractivity contribution in [2.24, 2.45) is 29.4 Å². The number of fused-ring (bicyclic) bond motifs is 3. The molecule has 4 aliphatic rings. The number of rotatable bonds is 5. The minimum absolute atomic E-state index is 0.0348. The predicted octanol–water partition coefficient (Wildman–Crippen LogP) is -0.471. The van der Waals surface area contributed by atoms with Gasteiger partial charge < -0.3 is 20.8 Å². The largest absolute Gasteiger partial charge is 0.507 e. The minimum atomic E-state index is -2.72. The van der Waals surface area contributed by atoms with Gasteiger partial charge in [-0.05, 0) is 70.4 Å². The number of primary amides is 1. The van der Waals surface area contributed by atoms with Gasteiger partial charge in [0.05, 0.1) is 17.5 Å². The molecule has 0 bridgehead atoms. The van der Waals surface area contributed by atoms with Gasteiger partial charge in [-0.2, -0.15) is 0 Å². The van der Waals surface area contributed by atoms with Crippen LogP contribution in [0.2, 0.25) is 0 Å². The number of aromatic hydroxyl groups is 1. The number of carbonyl (C=O) groups excluding carboxylic acids is 5. The van der Waals surface area contributed by atoms with Crippen LogP contribution < -0.4 is 10.6 Å². The predicted molar refractivity (Wildman–Crippen MR) is 140 cm³/mol. The van der Waals surface area contributed by atoms with Gasteiger partial charge in [0, 0.05) is 37.8 Å². The summed E-state index contributed by atoms with van der Waals surface area (Å²) >= 11 is 0. The second-order valence-corrected chi connectivity index (χ2v) is 11.9. The molecule has 1 aromatic carbocycles. The zero-order valence-electron chi connectivity index (χ0n) is 22.8. The molecule has 0 spiro atoms. The second kappa shape index (κ2) is 9.50. The number of likely N-dealkylation sites (N-methyl/N-ethyl adjacent to an activating group) is 1. The Morgan fingerprint density at radius 2 is 1.74 bits per heavy atom. The molecule has 0 radical (unpaired) electrons. The van der Waals surface area contributed by atoms with Crippen molar-refractivity contribution in [3.8, 4) is 5.75 Å². The fourth-order valence-corrected chi connectivity index (χ4v) is 7.41. The molecule has 4 N–H and O–H groups in total. The van der Waals surface area contributed by atoms with E-state index >= 15 is 0 Å². The summed E-state index contributed by atoms with van der Waals surface area (Å²) in [5, 5.41) is 23.1. The fraction of sp³-hybridized carbons (Fsp3) is 0.607. The Balaban J connectivity index is 1.63. The van der Waals surface area contributed by atoms with Crippen LogP contribution in [0.25, 0.3) is 0 Å². The van der Waals surface area contributed by atoms with Crippen LogP contribution >= 0.6 is 0 Å². The molecule has 2 saturated carbocycles. The van der Waals surface area contributed by atoms with E-state index in [9.17, 15) is 34.2 Å². The first-order valence-electron chi connectivity index (χ1n) is 13.4. The number of likely N-dealkylation sites (tertiary alicyclic amines) is 1. The number of hydrogen-bond donors (Lipinski definition) is 3. The summed E-state index contributed by atoms with van der Waals surface area (Å²) in [5.41, 5.74) is 4.64. The molecule has 39 heavy (non-hydrogen) atoms. The highest BCUT2D eigenvalue weighted by Gasteiger charge is 2.69. The third kappa shape index (κ3) is 3.93. The molecule has 11 nitrogen and oxygen atoms in total. The summed E-state index contributed by atoms with van der Waals surface area (Å²) in [6.07, 6.45) is 2.39. The van der Waals surface area contributed by atoms with Crippen molar-refractivity contribution in [3.63, 3.8) is 0 Å². The van der Waals surface area contributed by atoms with Gasteiger partial charge in [-0.3, -0.25) is 33.8 Å². The lowest BCUT2D eigenvalue weighted by Gasteiger charge is -2.52. The Morgan fingerprint density at radius 1 is 1.10 bits per heavy atom. The van der Waals surface area contributed by atoms with Gasteiger partial charge in [0.2, 0.25) is 5.91 Å². The molecule has 11 heteroatoms. The van der Waals surface area contributed by atoms with E-state index in [1.807, 2.05) is 25.1 Å². The zero-order chi connectivity index (χ0) is 28.5. The number of Topliss-reactive ketones (excluding diaryl/α,β-unsaturated/α-hetero) is 4. The van der Waals surface area contributed by atoms with E-state index in [1.54, 1.807) is 14.1 Å². The molecule has 0 aromatic heterocycles. The summed E-state index contributed by atoms with van der Waals surface area (Å²) in [7, 11) is 6.83. The Labute approximate surface area is 226 Å². The third-order valence-electron chi connectivity index (χ3n) is 9.19. The Hall–Kier alpha value is -3.15. The Bertz CT molecular complexity index is 1280. The summed E-state index contributed by atoms with van der Waals surface area (Å²) in [5.74, 6) is -10.2. The zero-order valence-corrected chi connectivity index (χ0v) is 22.8. The highest BCUT2D eigenvalue weighted by Crippen LogP contribution is 2.52. The fourth-order valence-electron chi connectivity index (χ4n) is 7.41. The van der Waals surface area contributed by atoms with Gasteiger partial charge in [0.15, 0.2) is 34.7 Å². The van der Waals surface area contributed by atoms with Gasteiger partial charge >= 0.3 is 0 Å². The molecular weight excluding hydrogens is 504 g/mol. The quantitative estimate of drug-likeness (QED) is 0.416. The average Bonchev–Trinajstić information content (AvgIpc) is 3.35. The van der Waals surface area contributed by atoms with Crippen molar-refractivity contribution in [2.45, 2.75) is 43.9 Å². The summed E-state index contributed by atoms with van der Waals surface area (Å²) < 4.78 is 0. The molecule has 210 valence electrons.